The molecule has 0 bridgehead atoms. The molecule has 2 rings (SSSR count). The molecular weight excluding hydrogens is 174 g/mol. The van der Waals surface area contributed by atoms with Crippen molar-refractivity contribution in [3.05, 3.63) is 12.3 Å². The molecule has 1 unspecified atom stereocenters. The van der Waals surface area contributed by atoms with Gasteiger partial charge in [0.2, 0.25) is 0 Å². The SMILES string of the molecule is CCC(C)n1nccc1NC1CCC1. The van der Waals surface area contributed by atoms with Crippen LogP contribution >= 0.6 is 0 Å². The average Bonchev–Trinajstić information content (AvgIpc) is 2.58. The molecule has 0 radical (unpaired) electrons. The Morgan fingerprint density at radius 1 is 1.64 bits per heavy atom. The molecule has 3 heteroatoms. The molecule has 1 atom stereocenters. The second kappa shape index (κ2) is 4.03. The largest absolute Gasteiger partial charge is 0.368 e. The molecule has 14 heavy (non-hydrogen) atoms. The van der Waals surface area contributed by atoms with E-state index in [9.17, 15) is 0 Å². The van der Waals surface area contributed by atoms with Crippen molar-refractivity contribution in [3.63, 3.8) is 0 Å². The Morgan fingerprint density at radius 3 is 3.00 bits per heavy atom. The van der Waals surface area contributed by atoms with Crippen LogP contribution in [0.25, 0.3) is 0 Å². The summed E-state index contributed by atoms with van der Waals surface area (Å²) in [6.07, 6.45) is 7.00. The minimum absolute atomic E-state index is 0.493. The maximum Gasteiger partial charge on any atom is 0.124 e. The number of anilines is 1. The van der Waals surface area contributed by atoms with Crippen LogP contribution in [0.5, 0.6) is 0 Å². The molecule has 1 aliphatic rings. The van der Waals surface area contributed by atoms with Crippen LogP contribution in [0.1, 0.15) is 45.6 Å². The summed E-state index contributed by atoms with van der Waals surface area (Å²) in [7, 11) is 0. The van der Waals surface area contributed by atoms with Crippen molar-refractivity contribution in [1.82, 2.24) is 9.78 Å². The van der Waals surface area contributed by atoms with Gasteiger partial charge in [-0.15, -0.1) is 0 Å². The molecular formula is C11H19N3. The molecule has 0 aromatic carbocycles. The Bertz CT molecular complexity index is 288. The van der Waals surface area contributed by atoms with E-state index in [1.54, 1.807) is 0 Å². The number of hydrogen-bond donors (Lipinski definition) is 1. The van der Waals surface area contributed by atoms with Crippen molar-refractivity contribution < 1.29 is 0 Å². The highest BCUT2D eigenvalue weighted by Crippen LogP contribution is 2.24. The number of hydrogen-bond acceptors (Lipinski definition) is 2. The van der Waals surface area contributed by atoms with E-state index in [4.69, 9.17) is 0 Å². The third-order valence-corrected chi connectivity index (χ3v) is 3.14. The zero-order valence-electron chi connectivity index (χ0n) is 9.03. The molecule has 0 aliphatic heterocycles. The van der Waals surface area contributed by atoms with Crippen LogP contribution in [0.4, 0.5) is 5.82 Å². The van der Waals surface area contributed by atoms with Gasteiger partial charge in [0.05, 0.1) is 12.2 Å². The van der Waals surface area contributed by atoms with Gasteiger partial charge in [0, 0.05) is 12.1 Å². The van der Waals surface area contributed by atoms with Crippen LogP contribution in [0.2, 0.25) is 0 Å². The van der Waals surface area contributed by atoms with E-state index in [1.165, 1.54) is 25.1 Å². The Kier molecular flexibility index (Phi) is 2.75. The Labute approximate surface area is 85.5 Å². The van der Waals surface area contributed by atoms with Gasteiger partial charge in [-0.2, -0.15) is 5.10 Å². The third kappa shape index (κ3) is 1.76. The van der Waals surface area contributed by atoms with Gasteiger partial charge >= 0.3 is 0 Å². The summed E-state index contributed by atoms with van der Waals surface area (Å²) in [4.78, 5) is 0. The second-order valence-electron chi connectivity index (χ2n) is 4.19. The standard InChI is InChI=1S/C11H19N3/c1-3-9(2)14-11(7-8-12-14)13-10-5-4-6-10/h7-10,13H,3-6H2,1-2H3. The zero-order valence-corrected chi connectivity index (χ0v) is 9.03. The van der Waals surface area contributed by atoms with Gasteiger partial charge in [0.15, 0.2) is 0 Å². The lowest BCUT2D eigenvalue weighted by molar-refractivity contribution is 0.431. The van der Waals surface area contributed by atoms with Crippen LogP contribution < -0.4 is 5.32 Å². The summed E-state index contributed by atoms with van der Waals surface area (Å²) in [6.45, 7) is 4.40. The van der Waals surface area contributed by atoms with Gasteiger partial charge in [0.25, 0.3) is 0 Å². The highest BCUT2D eigenvalue weighted by molar-refractivity contribution is 5.36. The summed E-state index contributed by atoms with van der Waals surface area (Å²) >= 11 is 0. The molecule has 1 aliphatic carbocycles. The number of nitrogens with zero attached hydrogens (tertiary/aromatic N) is 2. The molecule has 1 N–H and O–H groups in total. The first kappa shape index (κ1) is 9.56. The van der Waals surface area contributed by atoms with Gasteiger partial charge in [-0.05, 0) is 32.6 Å². The summed E-state index contributed by atoms with van der Waals surface area (Å²) in [6, 6.07) is 3.26. The highest BCUT2D eigenvalue weighted by atomic mass is 15.3. The lowest BCUT2D eigenvalue weighted by atomic mass is 9.93. The van der Waals surface area contributed by atoms with Gasteiger partial charge in [0.1, 0.15) is 5.82 Å². The van der Waals surface area contributed by atoms with Crippen molar-refractivity contribution in [2.75, 3.05) is 5.32 Å². The number of rotatable bonds is 4. The van der Waals surface area contributed by atoms with Crippen molar-refractivity contribution in [2.45, 2.75) is 51.6 Å². The smallest absolute Gasteiger partial charge is 0.124 e. The van der Waals surface area contributed by atoms with Crippen LogP contribution in [-0.4, -0.2) is 15.8 Å². The molecule has 1 aromatic heterocycles. The molecule has 1 saturated carbocycles. The van der Waals surface area contributed by atoms with Crippen LogP contribution in [-0.2, 0) is 0 Å². The molecule has 0 amide bonds. The maximum atomic E-state index is 4.35. The van der Waals surface area contributed by atoms with Crippen LogP contribution in [0.15, 0.2) is 12.3 Å². The quantitative estimate of drug-likeness (QED) is 0.797. The molecule has 0 spiro atoms. The van der Waals surface area contributed by atoms with Crippen molar-refractivity contribution in [3.8, 4) is 0 Å². The number of aromatic nitrogens is 2. The maximum absolute atomic E-state index is 4.35. The Morgan fingerprint density at radius 2 is 2.43 bits per heavy atom. The zero-order chi connectivity index (χ0) is 9.97. The molecule has 1 fully saturated rings. The fourth-order valence-corrected chi connectivity index (χ4v) is 1.71. The first-order valence-corrected chi connectivity index (χ1v) is 5.61. The first-order chi connectivity index (χ1) is 6.81. The van der Waals surface area contributed by atoms with E-state index in [0.717, 1.165) is 6.42 Å². The van der Waals surface area contributed by atoms with Gasteiger partial charge in [-0.1, -0.05) is 6.92 Å². The lowest BCUT2D eigenvalue weighted by Gasteiger charge is -2.28. The minimum Gasteiger partial charge on any atom is -0.368 e. The summed E-state index contributed by atoms with van der Waals surface area (Å²) in [5.74, 6) is 1.18. The fourth-order valence-electron chi connectivity index (χ4n) is 1.71. The molecule has 78 valence electrons. The van der Waals surface area contributed by atoms with Crippen LogP contribution in [0.3, 0.4) is 0 Å². The van der Waals surface area contributed by atoms with Gasteiger partial charge in [-0.25, -0.2) is 4.68 Å². The predicted octanol–water partition coefficient (Wildman–Crippen LogP) is 2.82. The monoisotopic (exact) mass is 193 g/mol. The van der Waals surface area contributed by atoms with E-state index in [-0.39, 0.29) is 0 Å². The Balaban J connectivity index is 2.04. The van der Waals surface area contributed by atoms with Crippen LogP contribution in [0, 0.1) is 0 Å². The topological polar surface area (TPSA) is 29.9 Å². The van der Waals surface area contributed by atoms with E-state index in [2.05, 4.69) is 35.0 Å². The van der Waals surface area contributed by atoms with E-state index < -0.39 is 0 Å². The first-order valence-electron chi connectivity index (χ1n) is 5.61. The number of nitrogens with one attached hydrogen (secondary N) is 1. The molecule has 3 nitrogen and oxygen atoms in total. The van der Waals surface area contributed by atoms with Crippen molar-refractivity contribution in [2.24, 2.45) is 0 Å². The molecule has 1 aromatic rings. The van der Waals surface area contributed by atoms with E-state index in [1.807, 2.05) is 6.20 Å². The normalized spacial score (nSPS) is 19.0. The Hall–Kier alpha value is -0.990. The predicted molar refractivity (Wildman–Crippen MR) is 58.5 cm³/mol. The molecule has 0 saturated heterocycles. The fraction of sp³-hybridized carbons (Fsp3) is 0.727. The summed E-state index contributed by atoms with van der Waals surface area (Å²) in [5.41, 5.74) is 0. The second-order valence-corrected chi connectivity index (χ2v) is 4.19. The van der Waals surface area contributed by atoms with E-state index >= 15 is 0 Å². The summed E-state index contributed by atoms with van der Waals surface area (Å²) < 4.78 is 2.10. The van der Waals surface area contributed by atoms with Gasteiger partial charge in [-0.3, -0.25) is 0 Å². The lowest BCUT2D eigenvalue weighted by Crippen LogP contribution is -2.28. The third-order valence-electron chi connectivity index (χ3n) is 3.14. The van der Waals surface area contributed by atoms with Gasteiger partial charge < -0.3 is 5.32 Å². The average molecular weight is 193 g/mol. The van der Waals surface area contributed by atoms with E-state index in [0.29, 0.717) is 12.1 Å². The minimum atomic E-state index is 0.493. The van der Waals surface area contributed by atoms with Crippen molar-refractivity contribution in [1.29, 1.82) is 0 Å². The van der Waals surface area contributed by atoms with Crippen molar-refractivity contribution >= 4 is 5.82 Å². The molecule has 1 heterocycles. The highest BCUT2D eigenvalue weighted by Gasteiger charge is 2.19. The summed E-state index contributed by atoms with van der Waals surface area (Å²) in [5, 5.41) is 7.90.